The van der Waals surface area contributed by atoms with E-state index in [1.807, 2.05) is 19.1 Å². The number of nitro groups is 1. The minimum atomic E-state index is -0.738. The first kappa shape index (κ1) is 23.9. The third-order valence-corrected chi connectivity index (χ3v) is 5.01. The summed E-state index contributed by atoms with van der Waals surface area (Å²) >= 11 is 0. The Kier molecular flexibility index (Phi) is 8.99. The molecule has 2 amide bonds. The fraction of sp³-hybridized carbons (Fsp3) is 0.391. The van der Waals surface area contributed by atoms with E-state index < -0.39 is 11.0 Å². The zero-order valence-electron chi connectivity index (χ0n) is 18.2. The van der Waals surface area contributed by atoms with Crippen LogP contribution < -0.4 is 10.1 Å². The second-order valence-electron chi connectivity index (χ2n) is 7.26. The second-order valence-corrected chi connectivity index (χ2v) is 7.26. The monoisotopic (exact) mass is 427 g/mol. The Morgan fingerprint density at radius 1 is 1.19 bits per heavy atom. The first-order valence-electron chi connectivity index (χ1n) is 10.3. The average molecular weight is 428 g/mol. The molecule has 0 saturated carbocycles. The van der Waals surface area contributed by atoms with E-state index in [0.717, 1.165) is 18.4 Å². The van der Waals surface area contributed by atoms with Crippen molar-refractivity contribution in [3.05, 3.63) is 69.8 Å². The van der Waals surface area contributed by atoms with Crippen LogP contribution in [0.15, 0.2) is 48.5 Å². The van der Waals surface area contributed by atoms with Crippen molar-refractivity contribution < 1.29 is 19.2 Å². The molecule has 0 unspecified atom stereocenters. The number of nitrogens with zero attached hydrogens (tertiary/aromatic N) is 2. The van der Waals surface area contributed by atoms with Gasteiger partial charge in [0.15, 0.2) is 0 Å². The minimum Gasteiger partial charge on any atom is -0.497 e. The predicted molar refractivity (Wildman–Crippen MR) is 118 cm³/mol. The van der Waals surface area contributed by atoms with Crippen molar-refractivity contribution >= 4 is 17.5 Å². The van der Waals surface area contributed by atoms with Gasteiger partial charge in [0.05, 0.1) is 18.5 Å². The SMILES string of the molecule is CCCCNC(=O)[C@@H](C)N(Cc1cccc(OC)c1)C(=O)Cc1ccccc1[N+](=O)[O-]. The van der Waals surface area contributed by atoms with Crippen molar-refractivity contribution in [2.45, 2.75) is 45.7 Å². The molecule has 8 heteroatoms. The highest BCUT2D eigenvalue weighted by Crippen LogP contribution is 2.21. The van der Waals surface area contributed by atoms with Gasteiger partial charge in [0, 0.05) is 24.7 Å². The fourth-order valence-electron chi connectivity index (χ4n) is 3.19. The molecule has 2 rings (SSSR count). The topological polar surface area (TPSA) is 102 Å². The van der Waals surface area contributed by atoms with Crippen molar-refractivity contribution in [3.63, 3.8) is 0 Å². The highest BCUT2D eigenvalue weighted by atomic mass is 16.6. The normalized spacial score (nSPS) is 11.5. The molecule has 0 aliphatic rings. The van der Waals surface area contributed by atoms with Gasteiger partial charge in [-0.2, -0.15) is 0 Å². The molecule has 1 N–H and O–H groups in total. The molecule has 2 aromatic rings. The summed E-state index contributed by atoms with van der Waals surface area (Å²) in [5.41, 5.74) is 0.993. The highest BCUT2D eigenvalue weighted by Gasteiger charge is 2.27. The number of unbranched alkanes of at least 4 members (excludes halogenated alkanes) is 1. The van der Waals surface area contributed by atoms with Gasteiger partial charge in [-0.25, -0.2) is 0 Å². The summed E-state index contributed by atoms with van der Waals surface area (Å²) in [5.74, 6) is 0.0196. The lowest BCUT2D eigenvalue weighted by Gasteiger charge is -2.29. The van der Waals surface area contributed by atoms with E-state index in [2.05, 4.69) is 5.32 Å². The number of hydrogen-bond acceptors (Lipinski definition) is 5. The molecule has 8 nitrogen and oxygen atoms in total. The molecule has 0 heterocycles. The maximum Gasteiger partial charge on any atom is 0.273 e. The molecule has 0 bridgehead atoms. The molecule has 0 radical (unpaired) electrons. The third-order valence-electron chi connectivity index (χ3n) is 5.01. The number of rotatable bonds is 11. The number of ether oxygens (including phenoxy) is 1. The maximum atomic E-state index is 13.2. The largest absolute Gasteiger partial charge is 0.497 e. The molecule has 0 spiro atoms. The summed E-state index contributed by atoms with van der Waals surface area (Å²) in [5, 5.41) is 14.2. The van der Waals surface area contributed by atoms with Crippen molar-refractivity contribution in [2.24, 2.45) is 0 Å². The molecule has 0 saturated heterocycles. The van der Waals surface area contributed by atoms with Crippen molar-refractivity contribution in [2.75, 3.05) is 13.7 Å². The maximum absolute atomic E-state index is 13.2. The third kappa shape index (κ3) is 6.80. The Balaban J connectivity index is 2.28. The number of carbonyl (C=O) groups excluding carboxylic acids is 2. The van der Waals surface area contributed by atoms with Crippen molar-refractivity contribution in [1.82, 2.24) is 10.2 Å². The molecule has 1 atom stereocenters. The van der Waals surface area contributed by atoms with E-state index in [0.29, 0.717) is 17.9 Å². The van der Waals surface area contributed by atoms with Gasteiger partial charge in [0.1, 0.15) is 11.8 Å². The number of benzene rings is 2. The van der Waals surface area contributed by atoms with Gasteiger partial charge >= 0.3 is 0 Å². The zero-order chi connectivity index (χ0) is 22.8. The quantitative estimate of drug-likeness (QED) is 0.336. The number of para-hydroxylation sites is 1. The van der Waals surface area contributed by atoms with Crippen LogP contribution in [0.25, 0.3) is 0 Å². The van der Waals surface area contributed by atoms with E-state index in [4.69, 9.17) is 4.74 Å². The molecule has 0 aliphatic carbocycles. The Morgan fingerprint density at radius 2 is 1.94 bits per heavy atom. The van der Waals surface area contributed by atoms with E-state index >= 15 is 0 Å². The van der Waals surface area contributed by atoms with E-state index in [1.165, 1.54) is 11.0 Å². The Hall–Kier alpha value is -3.42. The van der Waals surface area contributed by atoms with Gasteiger partial charge in [0.2, 0.25) is 11.8 Å². The van der Waals surface area contributed by atoms with Gasteiger partial charge in [0.25, 0.3) is 5.69 Å². The van der Waals surface area contributed by atoms with Crippen molar-refractivity contribution in [3.8, 4) is 5.75 Å². The molecule has 2 aromatic carbocycles. The van der Waals surface area contributed by atoms with Crippen LogP contribution in [-0.2, 0) is 22.6 Å². The lowest BCUT2D eigenvalue weighted by atomic mass is 10.1. The smallest absolute Gasteiger partial charge is 0.273 e. The Morgan fingerprint density at radius 3 is 2.61 bits per heavy atom. The van der Waals surface area contributed by atoms with E-state index in [9.17, 15) is 19.7 Å². The molecule has 0 aliphatic heterocycles. The molecular weight excluding hydrogens is 398 g/mol. The Bertz CT molecular complexity index is 916. The van der Waals surface area contributed by atoms with Crippen LogP contribution in [0.2, 0.25) is 0 Å². The lowest BCUT2D eigenvalue weighted by molar-refractivity contribution is -0.385. The van der Waals surface area contributed by atoms with Crippen LogP contribution in [0.5, 0.6) is 5.75 Å². The summed E-state index contributed by atoms with van der Waals surface area (Å²) in [6.45, 7) is 4.41. The summed E-state index contributed by atoms with van der Waals surface area (Å²) in [4.78, 5) is 38.2. The van der Waals surface area contributed by atoms with Crippen LogP contribution in [0.1, 0.15) is 37.8 Å². The van der Waals surface area contributed by atoms with E-state index in [1.54, 1.807) is 44.4 Å². The molecule has 31 heavy (non-hydrogen) atoms. The van der Waals surface area contributed by atoms with Crippen LogP contribution in [0.4, 0.5) is 5.69 Å². The average Bonchev–Trinajstić information content (AvgIpc) is 2.77. The minimum absolute atomic E-state index is 0.114. The zero-order valence-corrected chi connectivity index (χ0v) is 18.2. The summed E-state index contributed by atoms with van der Waals surface area (Å²) in [6, 6.07) is 12.7. The van der Waals surface area contributed by atoms with Crippen LogP contribution in [0.3, 0.4) is 0 Å². The molecule has 0 fully saturated rings. The van der Waals surface area contributed by atoms with Crippen LogP contribution in [-0.4, -0.2) is 41.3 Å². The summed E-state index contributed by atoms with van der Waals surface area (Å²) in [7, 11) is 1.56. The second kappa shape index (κ2) is 11.7. The van der Waals surface area contributed by atoms with Gasteiger partial charge in [-0.15, -0.1) is 0 Å². The van der Waals surface area contributed by atoms with Gasteiger partial charge in [-0.05, 0) is 31.0 Å². The number of methoxy groups -OCH3 is 1. The first-order chi connectivity index (χ1) is 14.9. The number of nitro benzene ring substituents is 1. The lowest BCUT2D eigenvalue weighted by Crippen LogP contribution is -2.48. The molecule has 0 aromatic heterocycles. The van der Waals surface area contributed by atoms with E-state index in [-0.39, 0.29) is 30.5 Å². The molecular formula is C23H29N3O5. The summed E-state index contributed by atoms with van der Waals surface area (Å²) in [6.07, 6.45) is 1.62. The number of hydrogen-bond donors (Lipinski definition) is 1. The van der Waals surface area contributed by atoms with Crippen LogP contribution >= 0.6 is 0 Å². The van der Waals surface area contributed by atoms with Gasteiger partial charge < -0.3 is 15.0 Å². The number of carbonyl (C=O) groups is 2. The molecule has 166 valence electrons. The van der Waals surface area contributed by atoms with Gasteiger partial charge in [-0.1, -0.05) is 43.7 Å². The number of nitrogens with one attached hydrogen (secondary N) is 1. The standard InChI is InChI=1S/C23H29N3O5/c1-4-5-13-24-23(28)17(2)25(16-18-9-8-11-20(14-18)31-3)22(27)15-19-10-6-7-12-21(19)26(29)30/h6-12,14,17H,4-5,13,15-16H2,1-3H3,(H,24,28)/t17-/m1/s1. The predicted octanol–water partition coefficient (Wildman–Crippen LogP) is 3.48. The fourth-order valence-corrected chi connectivity index (χ4v) is 3.19. The summed E-state index contributed by atoms with van der Waals surface area (Å²) < 4.78 is 5.25. The first-order valence-corrected chi connectivity index (χ1v) is 10.3. The number of amides is 2. The Labute approximate surface area is 182 Å². The van der Waals surface area contributed by atoms with Crippen molar-refractivity contribution in [1.29, 1.82) is 0 Å². The highest BCUT2D eigenvalue weighted by molar-refractivity contribution is 5.88. The van der Waals surface area contributed by atoms with Gasteiger partial charge in [-0.3, -0.25) is 19.7 Å². The van der Waals surface area contributed by atoms with Crippen LogP contribution in [0, 0.1) is 10.1 Å².